The summed E-state index contributed by atoms with van der Waals surface area (Å²) < 4.78 is 18.5. The van der Waals surface area contributed by atoms with Crippen molar-refractivity contribution in [3.8, 4) is 22.1 Å². The summed E-state index contributed by atoms with van der Waals surface area (Å²) in [6.45, 7) is 0. The average molecular weight is 339 g/mol. The third kappa shape index (κ3) is 2.57. The average Bonchev–Trinajstić information content (AvgIpc) is 3.14. The zero-order valence-corrected chi connectivity index (χ0v) is 13.0. The predicted molar refractivity (Wildman–Crippen MR) is 88.6 cm³/mol. The number of ketones is 1. The Hall–Kier alpha value is -2.99. The van der Waals surface area contributed by atoms with E-state index < -0.39 is 0 Å². The lowest BCUT2D eigenvalue weighted by atomic mass is 10.1. The maximum absolute atomic E-state index is 13.0. The number of aromatic hydroxyl groups is 1. The normalized spacial score (nSPS) is 14.7. The highest BCUT2D eigenvalue weighted by Crippen LogP contribution is 2.34. The molecular formula is C18H10FNO3S. The topological polar surface area (TPSA) is 59.4 Å². The first-order valence-electron chi connectivity index (χ1n) is 7.09. The number of carbonyl (C=O) groups excluding carboxylic acids is 1. The Morgan fingerprint density at radius 1 is 1.17 bits per heavy atom. The van der Waals surface area contributed by atoms with E-state index in [1.54, 1.807) is 23.6 Å². The van der Waals surface area contributed by atoms with Gasteiger partial charge >= 0.3 is 0 Å². The van der Waals surface area contributed by atoms with E-state index in [9.17, 15) is 14.3 Å². The van der Waals surface area contributed by atoms with Gasteiger partial charge in [0.15, 0.2) is 5.76 Å². The lowest BCUT2D eigenvalue weighted by molar-refractivity contribution is 0.101. The van der Waals surface area contributed by atoms with Gasteiger partial charge in [-0.1, -0.05) is 0 Å². The molecule has 3 aromatic rings. The van der Waals surface area contributed by atoms with Crippen LogP contribution >= 0.6 is 11.3 Å². The van der Waals surface area contributed by atoms with Crippen molar-refractivity contribution in [3.05, 3.63) is 70.7 Å². The van der Waals surface area contributed by atoms with Gasteiger partial charge in [0.2, 0.25) is 5.78 Å². The number of phenolic OH excluding ortho intramolecular Hbond substituents is 1. The van der Waals surface area contributed by atoms with Gasteiger partial charge in [0, 0.05) is 23.1 Å². The van der Waals surface area contributed by atoms with E-state index >= 15 is 0 Å². The highest BCUT2D eigenvalue weighted by atomic mass is 32.1. The molecule has 0 radical (unpaired) electrons. The Morgan fingerprint density at radius 2 is 1.96 bits per heavy atom. The number of ether oxygens (including phenoxy) is 1. The summed E-state index contributed by atoms with van der Waals surface area (Å²) in [5.74, 6) is -0.0215. The van der Waals surface area contributed by atoms with Crippen LogP contribution in [-0.2, 0) is 0 Å². The second-order valence-corrected chi connectivity index (χ2v) is 6.06. The highest BCUT2D eigenvalue weighted by molar-refractivity contribution is 7.13. The van der Waals surface area contributed by atoms with Crippen LogP contribution in [0.25, 0.3) is 16.6 Å². The SMILES string of the molecule is O=C1C(=Cc2csc(-c3ccc(F)cc3)n2)Oc2cc(O)ccc21. The molecule has 1 aliphatic rings. The lowest BCUT2D eigenvalue weighted by Gasteiger charge is -1.97. The van der Waals surface area contributed by atoms with Crippen molar-refractivity contribution >= 4 is 23.2 Å². The van der Waals surface area contributed by atoms with Crippen LogP contribution in [0.1, 0.15) is 16.1 Å². The molecule has 0 spiro atoms. The molecule has 0 amide bonds. The molecule has 0 fully saturated rings. The molecule has 0 unspecified atom stereocenters. The molecule has 6 heteroatoms. The molecule has 4 nitrogen and oxygen atoms in total. The number of halogens is 1. The highest BCUT2D eigenvalue weighted by Gasteiger charge is 2.27. The van der Waals surface area contributed by atoms with Crippen molar-refractivity contribution in [2.75, 3.05) is 0 Å². The van der Waals surface area contributed by atoms with Crippen LogP contribution in [0, 0.1) is 5.82 Å². The van der Waals surface area contributed by atoms with E-state index in [1.807, 2.05) is 0 Å². The molecular weight excluding hydrogens is 329 g/mol. The molecule has 0 aliphatic carbocycles. The first-order valence-corrected chi connectivity index (χ1v) is 7.97. The Bertz CT molecular complexity index is 976. The Morgan fingerprint density at radius 3 is 2.75 bits per heavy atom. The molecule has 118 valence electrons. The molecule has 2 aromatic carbocycles. The zero-order valence-electron chi connectivity index (χ0n) is 12.2. The molecule has 2 heterocycles. The molecule has 1 aliphatic heterocycles. The summed E-state index contributed by atoms with van der Waals surface area (Å²) in [6, 6.07) is 10.4. The van der Waals surface area contributed by atoms with Crippen molar-refractivity contribution in [2.24, 2.45) is 0 Å². The fraction of sp³-hybridized carbons (Fsp3) is 0. The number of hydrogen-bond donors (Lipinski definition) is 1. The van der Waals surface area contributed by atoms with E-state index in [-0.39, 0.29) is 23.1 Å². The van der Waals surface area contributed by atoms with E-state index in [0.29, 0.717) is 17.0 Å². The first kappa shape index (κ1) is 14.6. The van der Waals surface area contributed by atoms with Crippen LogP contribution in [-0.4, -0.2) is 15.9 Å². The number of Topliss-reactive ketones (excluding diaryl/α,β-unsaturated/α-hetero) is 1. The Labute approximate surface area is 140 Å². The second-order valence-electron chi connectivity index (χ2n) is 5.20. The zero-order chi connectivity index (χ0) is 16.7. The van der Waals surface area contributed by atoms with Crippen LogP contribution in [0.15, 0.2) is 53.6 Å². The Balaban J connectivity index is 1.63. The third-order valence-electron chi connectivity index (χ3n) is 3.55. The van der Waals surface area contributed by atoms with Gasteiger partial charge in [0.25, 0.3) is 0 Å². The van der Waals surface area contributed by atoms with E-state index in [4.69, 9.17) is 4.74 Å². The minimum atomic E-state index is -0.302. The van der Waals surface area contributed by atoms with Gasteiger partial charge in [-0.2, -0.15) is 0 Å². The van der Waals surface area contributed by atoms with Crippen molar-refractivity contribution in [1.29, 1.82) is 0 Å². The Kier molecular flexibility index (Phi) is 3.39. The van der Waals surface area contributed by atoms with Crippen LogP contribution in [0.3, 0.4) is 0 Å². The van der Waals surface area contributed by atoms with Crippen molar-refractivity contribution in [1.82, 2.24) is 4.98 Å². The van der Waals surface area contributed by atoms with Gasteiger partial charge in [-0.15, -0.1) is 11.3 Å². The van der Waals surface area contributed by atoms with Crippen molar-refractivity contribution in [3.63, 3.8) is 0 Å². The first-order chi connectivity index (χ1) is 11.6. The van der Waals surface area contributed by atoms with Gasteiger partial charge in [0.1, 0.15) is 22.3 Å². The van der Waals surface area contributed by atoms with Crippen molar-refractivity contribution < 1.29 is 19.0 Å². The number of nitrogens with zero attached hydrogens (tertiary/aromatic N) is 1. The molecule has 0 saturated carbocycles. The molecule has 0 atom stereocenters. The number of thiazole rings is 1. The summed E-state index contributed by atoms with van der Waals surface area (Å²) >= 11 is 1.39. The summed E-state index contributed by atoms with van der Waals surface area (Å²) in [5, 5.41) is 12.0. The fourth-order valence-corrected chi connectivity index (χ4v) is 3.17. The number of allylic oxidation sites excluding steroid dienone is 1. The minimum Gasteiger partial charge on any atom is -0.508 e. The molecule has 1 aromatic heterocycles. The van der Waals surface area contributed by atoms with Gasteiger partial charge < -0.3 is 9.84 Å². The second kappa shape index (κ2) is 5.58. The van der Waals surface area contributed by atoms with Crippen LogP contribution in [0.5, 0.6) is 11.5 Å². The van der Waals surface area contributed by atoms with Crippen LogP contribution in [0.2, 0.25) is 0 Å². The number of phenols is 1. The van der Waals surface area contributed by atoms with Gasteiger partial charge in [-0.25, -0.2) is 9.37 Å². The largest absolute Gasteiger partial charge is 0.508 e. The van der Waals surface area contributed by atoms with Crippen LogP contribution in [0.4, 0.5) is 4.39 Å². The molecule has 1 N–H and O–H groups in total. The minimum absolute atomic E-state index is 0.0371. The quantitative estimate of drug-likeness (QED) is 0.708. The summed E-state index contributed by atoms with van der Waals surface area (Å²) in [4.78, 5) is 16.7. The van der Waals surface area contributed by atoms with Gasteiger partial charge in [-0.3, -0.25) is 4.79 Å². The lowest BCUT2D eigenvalue weighted by Crippen LogP contribution is -1.98. The predicted octanol–water partition coefficient (Wildman–Crippen LogP) is 4.27. The number of fused-ring (bicyclic) bond motifs is 1. The van der Waals surface area contributed by atoms with E-state index in [1.165, 1.54) is 41.7 Å². The van der Waals surface area contributed by atoms with Gasteiger partial charge in [-0.05, 0) is 36.4 Å². The monoisotopic (exact) mass is 339 g/mol. The molecule has 4 rings (SSSR count). The third-order valence-corrected chi connectivity index (χ3v) is 4.46. The summed E-state index contributed by atoms with van der Waals surface area (Å²) in [6.07, 6.45) is 1.56. The molecule has 24 heavy (non-hydrogen) atoms. The smallest absolute Gasteiger partial charge is 0.232 e. The summed E-state index contributed by atoms with van der Waals surface area (Å²) in [7, 11) is 0. The van der Waals surface area contributed by atoms with Crippen molar-refractivity contribution in [2.45, 2.75) is 0 Å². The van der Waals surface area contributed by atoms with Gasteiger partial charge in [0.05, 0.1) is 11.3 Å². The van der Waals surface area contributed by atoms with E-state index in [2.05, 4.69) is 4.98 Å². The number of benzene rings is 2. The standard InChI is InChI=1S/C18H10FNO3S/c19-11-3-1-10(2-4-11)18-20-12(9-24-18)7-16-17(22)14-6-5-13(21)8-15(14)23-16/h1-9,21H. The molecule has 0 saturated heterocycles. The number of carbonyl (C=O) groups is 1. The number of hydrogen-bond acceptors (Lipinski definition) is 5. The van der Waals surface area contributed by atoms with E-state index in [0.717, 1.165) is 10.6 Å². The fourth-order valence-electron chi connectivity index (χ4n) is 2.39. The van der Waals surface area contributed by atoms with Crippen LogP contribution < -0.4 is 4.74 Å². The summed E-state index contributed by atoms with van der Waals surface area (Å²) in [5.41, 5.74) is 1.80. The maximum Gasteiger partial charge on any atom is 0.232 e. The molecule has 0 bridgehead atoms. The number of aromatic nitrogens is 1. The number of rotatable bonds is 2. The maximum atomic E-state index is 13.0.